The van der Waals surface area contributed by atoms with Crippen LogP contribution < -0.4 is 9.47 Å². The van der Waals surface area contributed by atoms with Crippen molar-refractivity contribution < 1.29 is 19.4 Å². The third-order valence-electron chi connectivity index (χ3n) is 3.49. The first-order valence-electron chi connectivity index (χ1n) is 6.86. The van der Waals surface area contributed by atoms with Crippen LogP contribution in [0.1, 0.15) is 16.2 Å². The number of fused-ring (bicyclic) bond motifs is 1. The number of hydrogen-bond acceptors (Lipinski definition) is 5. The number of pyridine rings is 1. The lowest BCUT2D eigenvalue weighted by molar-refractivity contribution is 0.0699. The van der Waals surface area contributed by atoms with Gasteiger partial charge >= 0.3 is 5.97 Å². The number of aryl methyl sites for hydroxylation is 1. The van der Waals surface area contributed by atoms with Crippen LogP contribution in [-0.4, -0.2) is 40.2 Å². The van der Waals surface area contributed by atoms with Crippen LogP contribution in [0, 0.1) is 6.92 Å². The van der Waals surface area contributed by atoms with Gasteiger partial charge in [-0.2, -0.15) is 0 Å². The fourth-order valence-electron chi connectivity index (χ4n) is 2.42. The smallest absolute Gasteiger partial charge is 0.338 e. The highest BCUT2D eigenvalue weighted by atomic mass is 16.5. The second kappa shape index (κ2) is 5.60. The zero-order valence-electron chi connectivity index (χ0n) is 12.9. The van der Waals surface area contributed by atoms with Gasteiger partial charge in [0.05, 0.1) is 31.0 Å². The Morgan fingerprint density at radius 3 is 2.61 bits per heavy atom. The molecule has 0 saturated heterocycles. The van der Waals surface area contributed by atoms with Crippen LogP contribution in [0.15, 0.2) is 24.3 Å². The molecule has 0 spiro atoms. The number of hydrogen-bond donors (Lipinski definition) is 2. The first kappa shape index (κ1) is 14.8. The molecule has 0 aliphatic heterocycles. The van der Waals surface area contributed by atoms with Crippen molar-refractivity contribution in [2.75, 3.05) is 14.2 Å². The van der Waals surface area contributed by atoms with Crippen molar-refractivity contribution in [3.05, 3.63) is 35.7 Å². The molecule has 0 atom stereocenters. The van der Waals surface area contributed by atoms with Crippen molar-refractivity contribution in [3.8, 4) is 22.8 Å². The second-order valence-electron chi connectivity index (χ2n) is 4.95. The Bertz CT molecular complexity index is 902. The molecular weight excluding hydrogens is 298 g/mol. The normalized spacial score (nSPS) is 10.7. The van der Waals surface area contributed by atoms with Gasteiger partial charge in [-0.25, -0.2) is 14.8 Å². The zero-order chi connectivity index (χ0) is 16.6. The molecule has 7 nitrogen and oxygen atoms in total. The van der Waals surface area contributed by atoms with E-state index in [9.17, 15) is 9.90 Å². The molecule has 23 heavy (non-hydrogen) atoms. The number of carboxylic acids is 1. The summed E-state index contributed by atoms with van der Waals surface area (Å²) in [4.78, 5) is 23.2. The van der Waals surface area contributed by atoms with Crippen molar-refractivity contribution in [2.45, 2.75) is 6.92 Å². The summed E-state index contributed by atoms with van der Waals surface area (Å²) in [5.74, 6) is 0.743. The van der Waals surface area contributed by atoms with Gasteiger partial charge in [-0.05, 0) is 31.2 Å². The summed E-state index contributed by atoms with van der Waals surface area (Å²) < 4.78 is 10.6. The molecule has 1 aromatic carbocycles. The molecule has 0 aliphatic carbocycles. The molecule has 0 saturated carbocycles. The number of nitrogens with zero attached hydrogens (tertiary/aromatic N) is 2. The van der Waals surface area contributed by atoms with Gasteiger partial charge < -0.3 is 19.6 Å². The van der Waals surface area contributed by atoms with E-state index in [2.05, 4.69) is 15.0 Å². The lowest BCUT2D eigenvalue weighted by atomic mass is 10.1. The van der Waals surface area contributed by atoms with E-state index >= 15 is 0 Å². The third-order valence-corrected chi connectivity index (χ3v) is 3.49. The third kappa shape index (κ3) is 2.57. The Balaban J connectivity index is 2.30. The maximum atomic E-state index is 11.6. The predicted molar refractivity (Wildman–Crippen MR) is 84.1 cm³/mol. The van der Waals surface area contributed by atoms with Gasteiger partial charge in [0.15, 0.2) is 5.65 Å². The number of aromatic carboxylic acids is 1. The standard InChI is InChI=1S/C16H15N3O4/c1-8-17-14-11(16(20)21)7-12(19-15(14)18-8)10-6-9(22-2)4-5-13(10)23-3/h4-7H,1-3H3,(H,20,21)(H,17,18,19). The number of ether oxygens (including phenoxy) is 2. The maximum Gasteiger partial charge on any atom is 0.338 e. The SMILES string of the molecule is COc1ccc(OC)c(-c2cc(C(=O)O)c3[nH]c(C)nc3n2)c1. The Labute approximate surface area is 131 Å². The number of imidazole rings is 1. The zero-order valence-corrected chi connectivity index (χ0v) is 12.9. The van der Waals surface area contributed by atoms with E-state index in [0.29, 0.717) is 39.7 Å². The van der Waals surface area contributed by atoms with Gasteiger partial charge in [0.25, 0.3) is 0 Å². The molecule has 2 heterocycles. The summed E-state index contributed by atoms with van der Waals surface area (Å²) in [6, 6.07) is 6.76. The van der Waals surface area contributed by atoms with E-state index in [1.807, 2.05) is 0 Å². The molecule has 2 N–H and O–H groups in total. The average molecular weight is 313 g/mol. The molecule has 0 unspecified atom stereocenters. The first-order valence-corrected chi connectivity index (χ1v) is 6.86. The Hall–Kier alpha value is -3.09. The summed E-state index contributed by atoms with van der Waals surface area (Å²) in [5.41, 5.74) is 1.95. The summed E-state index contributed by atoms with van der Waals surface area (Å²) in [7, 11) is 3.10. The minimum Gasteiger partial charge on any atom is -0.497 e. The second-order valence-corrected chi connectivity index (χ2v) is 4.95. The van der Waals surface area contributed by atoms with Gasteiger partial charge in [-0.15, -0.1) is 0 Å². The van der Waals surface area contributed by atoms with Crippen LogP contribution in [0.3, 0.4) is 0 Å². The summed E-state index contributed by atoms with van der Waals surface area (Å²) in [5, 5.41) is 9.46. The van der Waals surface area contributed by atoms with Crippen LogP contribution >= 0.6 is 0 Å². The molecule has 2 aromatic heterocycles. The molecule has 0 amide bonds. The van der Waals surface area contributed by atoms with Crippen LogP contribution in [0.5, 0.6) is 11.5 Å². The number of H-pyrrole nitrogens is 1. The molecular formula is C16H15N3O4. The highest BCUT2D eigenvalue weighted by molar-refractivity contribution is 6.01. The number of carbonyl (C=O) groups is 1. The summed E-state index contributed by atoms with van der Waals surface area (Å²) in [6.07, 6.45) is 0. The number of methoxy groups -OCH3 is 2. The molecule has 118 valence electrons. The molecule has 3 aromatic rings. The van der Waals surface area contributed by atoms with E-state index in [-0.39, 0.29) is 5.56 Å². The van der Waals surface area contributed by atoms with Crippen molar-refractivity contribution in [3.63, 3.8) is 0 Å². The minimum atomic E-state index is -1.05. The fraction of sp³-hybridized carbons (Fsp3) is 0.188. The largest absolute Gasteiger partial charge is 0.497 e. The molecule has 0 bridgehead atoms. The van der Waals surface area contributed by atoms with E-state index in [4.69, 9.17) is 9.47 Å². The van der Waals surface area contributed by atoms with Crippen LogP contribution in [0.4, 0.5) is 0 Å². The topological polar surface area (TPSA) is 97.3 Å². The molecule has 0 aliphatic rings. The van der Waals surface area contributed by atoms with Crippen LogP contribution in [0.25, 0.3) is 22.4 Å². The van der Waals surface area contributed by atoms with Gasteiger partial charge in [-0.3, -0.25) is 0 Å². The van der Waals surface area contributed by atoms with Crippen molar-refractivity contribution in [2.24, 2.45) is 0 Å². The number of aromatic amines is 1. The number of benzene rings is 1. The van der Waals surface area contributed by atoms with Crippen molar-refractivity contribution >= 4 is 17.1 Å². The summed E-state index contributed by atoms with van der Waals surface area (Å²) >= 11 is 0. The molecule has 0 radical (unpaired) electrons. The molecule has 0 fully saturated rings. The van der Waals surface area contributed by atoms with Crippen molar-refractivity contribution in [1.29, 1.82) is 0 Å². The Morgan fingerprint density at radius 2 is 1.96 bits per heavy atom. The van der Waals surface area contributed by atoms with Gasteiger partial charge in [0, 0.05) is 5.56 Å². The van der Waals surface area contributed by atoms with E-state index in [0.717, 1.165) is 0 Å². The predicted octanol–water partition coefficient (Wildman–Crippen LogP) is 2.65. The number of carboxylic acid groups (broad SMARTS) is 1. The van der Waals surface area contributed by atoms with E-state index in [1.165, 1.54) is 6.07 Å². The molecule has 7 heteroatoms. The van der Waals surface area contributed by atoms with E-state index < -0.39 is 5.97 Å². The maximum absolute atomic E-state index is 11.6. The van der Waals surface area contributed by atoms with Gasteiger partial charge in [0.2, 0.25) is 0 Å². The van der Waals surface area contributed by atoms with Gasteiger partial charge in [-0.1, -0.05) is 0 Å². The lowest BCUT2D eigenvalue weighted by Crippen LogP contribution is -2.01. The monoisotopic (exact) mass is 313 g/mol. The Kier molecular flexibility index (Phi) is 3.61. The molecule has 3 rings (SSSR count). The highest BCUT2D eigenvalue weighted by Crippen LogP contribution is 2.34. The van der Waals surface area contributed by atoms with Crippen LogP contribution in [0.2, 0.25) is 0 Å². The minimum absolute atomic E-state index is 0.107. The Morgan fingerprint density at radius 1 is 1.17 bits per heavy atom. The lowest BCUT2D eigenvalue weighted by Gasteiger charge is -2.10. The quantitative estimate of drug-likeness (QED) is 0.768. The average Bonchev–Trinajstić information content (AvgIpc) is 2.92. The first-order chi connectivity index (χ1) is 11.0. The number of aromatic nitrogens is 3. The van der Waals surface area contributed by atoms with Crippen molar-refractivity contribution in [1.82, 2.24) is 15.0 Å². The highest BCUT2D eigenvalue weighted by Gasteiger charge is 2.18. The number of nitrogens with one attached hydrogen (secondary N) is 1. The van der Waals surface area contributed by atoms with Crippen LogP contribution in [-0.2, 0) is 0 Å². The van der Waals surface area contributed by atoms with E-state index in [1.54, 1.807) is 39.3 Å². The van der Waals surface area contributed by atoms with Gasteiger partial charge in [0.1, 0.15) is 17.3 Å². The fourth-order valence-corrected chi connectivity index (χ4v) is 2.42. The summed E-state index contributed by atoms with van der Waals surface area (Å²) in [6.45, 7) is 1.75. The number of rotatable bonds is 4.